The fourth-order valence-electron chi connectivity index (χ4n) is 1.16. The van der Waals surface area contributed by atoms with Gasteiger partial charge in [0.15, 0.2) is 0 Å². The van der Waals surface area contributed by atoms with E-state index in [1.165, 1.54) is 19.1 Å². The van der Waals surface area contributed by atoms with Gasteiger partial charge in [-0.15, -0.1) is 0 Å². The Bertz CT molecular complexity index is 462. The summed E-state index contributed by atoms with van der Waals surface area (Å²) >= 11 is 4.79. The van der Waals surface area contributed by atoms with Crippen LogP contribution < -0.4 is 61.6 Å². The fraction of sp³-hybridized carbons (Fsp3) is 0.273. The van der Waals surface area contributed by atoms with Crippen LogP contribution >= 0.6 is 25.3 Å². The Morgan fingerprint density at radius 1 is 1.55 bits per heavy atom. The third-order valence-corrected chi connectivity index (χ3v) is 2.54. The largest absolute Gasteiger partial charge is 1.00 e. The van der Waals surface area contributed by atoms with Gasteiger partial charge in [0.2, 0.25) is 0 Å². The molecule has 5 nitrogen and oxygen atoms in total. The molecule has 0 heterocycles. The molecule has 0 aliphatic carbocycles. The summed E-state index contributed by atoms with van der Waals surface area (Å²) in [6.45, 7) is 1.29. The molecule has 2 atom stereocenters. The first-order valence-corrected chi connectivity index (χ1v) is 8.53. The van der Waals surface area contributed by atoms with Crippen molar-refractivity contribution in [3.8, 4) is 5.75 Å². The van der Waals surface area contributed by atoms with Crippen LogP contribution in [0.1, 0.15) is 12.5 Å². The van der Waals surface area contributed by atoms with E-state index in [4.69, 9.17) is 5.11 Å². The molecule has 0 unspecified atom stereocenters. The molecule has 1 aromatic rings. The normalized spacial score (nSPS) is 12.9. The van der Waals surface area contributed by atoms with Crippen molar-refractivity contribution >= 4 is 37.5 Å². The minimum atomic E-state index is -1.49. The van der Waals surface area contributed by atoms with E-state index in [1.54, 1.807) is 24.8 Å². The summed E-state index contributed by atoms with van der Waals surface area (Å²) in [5, 5.41) is 31.2. The summed E-state index contributed by atoms with van der Waals surface area (Å²) in [4.78, 5) is 14.3. The van der Waals surface area contributed by atoms with Crippen LogP contribution in [0.5, 0.6) is 5.75 Å². The first kappa shape index (κ1) is 23.5. The molecule has 0 aliphatic rings. The van der Waals surface area contributed by atoms with Crippen LogP contribution in [0.15, 0.2) is 27.7 Å². The topological polar surface area (TPSA) is 95.8 Å². The van der Waals surface area contributed by atoms with E-state index in [1.807, 2.05) is 0 Å². The summed E-state index contributed by atoms with van der Waals surface area (Å²) in [6.07, 6.45) is -0.0567. The molecule has 1 N–H and O–H groups in total. The number of aliphatic hydroxyl groups is 1. The minimum Gasteiger partial charge on any atom is 1.00 e. The summed E-state index contributed by atoms with van der Waals surface area (Å²) in [7, 11) is 4.61. The number of hydrogen-bond donors (Lipinski definition) is 1. The number of carbonyl (C=O) groups is 1. The van der Waals surface area contributed by atoms with Gasteiger partial charge < -0.3 is 20.1 Å². The van der Waals surface area contributed by atoms with Gasteiger partial charge in [-0.05, 0) is 24.6 Å². The Morgan fingerprint density at radius 3 is 2.55 bits per heavy atom. The van der Waals surface area contributed by atoms with Crippen LogP contribution in [-0.2, 0) is 23.6 Å². The van der Waals surface area contributed by atoms with Crippen molar-refractivity contribution < 1.29 is 90.3 Å². The van der Waals surface area contributed by atoms with Gasteiger partial charge in [-0.1, -0.05) is 27.7 Å². The molecule has 0 fully saturated rings. The molecular weight excluding hydrogens is 560 g/mol. The van der Waals surface area contributed by atoms with Crippen LogP contribution in [-0.4, -0.2) is 29.4 Å². The van der Waals surface area contributed by atoms with Gasteiger partial charge in [0.25, 0.3) is 0 Å². The molecule has 0 bridgehead atoms. The number of nitrogens with zero attached hydrogens (tertiary/aromatic N) is 1. The molecule has 1 aromatic carbocycles. The maximum absolute atomic E-state index is 11.4. The van der Waals surface area contributed by atoms with Gasteiger partial charge in [-0.25, -0.2) is 0 Å². The van der Waals surface area contributed by atoms with Gasteiger partial charge >= 0.3 is 79.6 Å². The number of carbonyl (C=O) groups excluding carboxylic acids is 1. The van der Waals surface area contributed by atoms with E-state index in [2.05, 4.69) is 30.3 Å². The average Bonchev–Trinajstić information content (AvgIpc) is 2.35. The van der Waals surface area contributed by atoms with Crippen molar-refractivity contribution in [2.45, 2.75) is 19.1 Å². The molecule has 9 heteroatoms. The minimum absolute atomic E-state index is 0. The van der Waals surface area contributed by atoms with E-state index in [0.29, 0.717) is 4.47 Å². The van der Waals surface area contributed by atoms with Crippen molar-refractivity contribution in [2.24, 2.45) is 4.99 Å². The van der Waals surface area contributed by atoms with Gasteiger partial charge in [0, 0.05) is 10.7 Å². The van der Waals surface area contributed by atoms with E-state index in [-0.39, 0.29) is 62.7 Å². The SMILES string of the molecule is C[C@@H](O)[C@H](N=Cc1cc(Br)ccc1[O-])C(=O)[O-].[Cl][Pt+].[K+]. The molecule has 0 saturated heterocycles. The summed E-state index contributed by atoms with van der Waals surface area (Å²) in [5.41, 5.74) is 0.242. The fourth-order valence-corrected chi connectivity index (χ4v) is 1.54. The number of hydrogen-bond acceptors (Lipinski definition) is 5. The van der Waals surface area contributed by atoms with Crippen molar-refractivity contribution in [2.75, 3.05) is 0 Å². The zero-order valence-electron chi connectivity index (χ0n) is 10.7. The maximum Gasteiger partial charge on any atom is 1.00 e. The van der Waals surface area contributed by atoms with Gasteiger partial charge in [-0.3, -0.25) is 4.99 Å². The predicted molar refractivity (Wildman–Crippen MR) is 67.5 cm³/mol. The Balaban J connectivity index is 0. The van der Waals surface area contributed by atoms with Crippen LogP contribution in [0, 0.1) is 0 Å². The van der Waals surface area contributed by atoms with Gasteiger partial charge in [0.05, 0.1) is 12.1 Å². The number of carboxylic acid groups (broad SMARTS) is 1. The zero-order valence-corrected chi connectivity index (χ0v) is 18.4. The third kappa shape index (κ3) is 8.61. The number of aliphatic imine (C=N–C) groups is 1. The predicted octanol–water partition coefficient (Wildman–Crippen LogP) is -2.87. The Kier molecular flexibility index (Phi) is 14.9. The first-order chi connectivity index (χ1) is 8.91. The van der Waals surface area contributed by atoms with Gasteiger partial charge in [-0.2, -0.15) is 0 Å². The summed E-state index contributed by atoms with van der Waals surface area (Å²) in [6, 6.07) is 3.04. The maximum atomic E-state index is 11.4. The van der Waals surface area contributed by atoms with E-state index in [9.17, 15) is 15.0 Å². The van der Waals surface area contributed by atoms with E-state index < -0.39 is 18.1 Å². The Hall–Kier alpha value is 1.21. The molecule has 0 spiro atoms. The number of carboxylic acids is 1. The molecule has 0 radical (unpaired) electrons. The second kappa shape index (κ2) is 12.7. The number of aliphatic carboxylic acids is 1. The van der Waals surface area contributed by atoms with Crippen molar-refractivity contribution in [1.82, 2.24) is 0 Å². The molecule has 108 valence electrons. The number of benzene rings is 1. The third-order valence-electron chi connectivity index (χ3n) is 2.04. The van der Waals surface area contributed by atoms with E-state index >= 15 is 0 Å². The van der Waals surface area contributed by atoms with Crippen molar-refractivity contribution in [3.05, 3.63) is 28.2 Å². The van der Waals surface area contributed by atoms with Gasteiger partial charge in [0.1, 0.15) is 6.04 Å². The number of aliphatic hydroxyl groups excluding tert-OH is 1. The number of rotatable bonds is 4. The van der Waals surface area contributed by atoms with Crippen molar-refractivity contribution in [1.29, 1.82) is 0 Å². The second-order valence-corrected chi connectivity index (χ2v) is 4.38. The van der Waals surface area contributed by atoms with Crippen LogP contribution in [0.3, 0.4) is 0 Å². The van der Waals surface area contributed by atoms with Crippen molar-refractivity contribution in [3.63, 3.8) is 0 Å². The van der Waals surface area contributed by atoms with Crippen LogP contribution in [0.2, 0.25) is 0 Å². The van der Waals surface area contributed by atoms with Crippen LogP contribution in [0.25, 0.3) is 0 Å². The second-order valence-electron chi connectivity index (χ2n) is 3.46. The van der Waals surface area contributed by atoms with Crippen LogP contribution in [0.4, 0.5) is 0 Å². The van der Waals surface area contributed by atoms with E-state index in [0.717, 1.165) is 6.21 Å². The molecule has 1 rings (SSSR count). The zero-order chi connectivity index (χ0) is 15.0. The molecule has 0 aliphatic heterocycles. The quantitative estimate of drug-likeness (QED) is 0.312. The molecule has 0 aromatic heterocycles. The smallest absolute Gasteiger partial charge is 1.00 e. The standard InChI is InChI=1S/C11H12BrNO4.ClH.K.Pt/c1-6(14)10(11(16)17)13-5-7-4-8(12)2-3-9(7)15;;;/h2-6,10,14-15H,1H3,(H,16,17);1H;;/q;;+1;+2/p-3/t6-,10+;;;/m1.../s1. The molecule has 0 saturated carbocycles. The summed E-state index contributed by atoms with van der Waals surface area (Å²) < 4.78 is 0.681. The molecule has 20 heavy (non-hydrogen) atoms. The number of halogens is 2. The molecule has 0 amide bonds. The Morgan fingerprint density at radius 2 is 2.10 bits per heavy atom. The summed E-state index contributed by atoms with van der Waals surface area (Å²) in [5.74, 6) is -1.77. The average molecular weight is 570 g/mol. The molecular formula is C11H10BrClKNO4Pt. The first-order valence-electron chi connectivity index (χ1n) is 4.92. The monoisotopic (exact) mass is 568 g/mol. The Labute approximate surface area is 183 Å².